The molecule has 23 heavy (non-hydrogen) atoms. The summed E-state index contributed by atoms with van der Waals surface area (Å²) in [4.78, 5) is 7.95. The number of aryl methyl sites for hydroxylation is 2. The first-order valence-electron chi connectivity index (χ1n) is 7.60. The van der Waals surface area contributed by atoms with Gasteiger partial charge in [-0.05, 0) is 39.3 Å². The smallest absolute Gasteiger partial charge is 0.296 e. The highest BCUT2D eigenvalue weighted by atomic mass is 32.1. The molecular formula is C15H19F3N4S. The largest absolute Gasteiger partial charge is 0.435 e. The van der Waals surface area contributed by atoms with Gasteiger partial charge in [0, 0.05) is 24.2 Å². The summed E-state index contributed by atoms with van der Waals surface area (Å²) in [6.07, 6.45) is -1.12. The Hall–Kier alpha value is -1.41. The van der Waals surface area contributed by atoms with Crippen molar-refractivity contribution >= 4 is 11.3 Å². The predicted octanol–water partition coefficient (Wildman–Crippen LogP) is 3.81. The Morgan fingerprint density at radius 3 is 2.74 bits per heavy atom. The normalized spacial score (nSPS) is 20.1. The molecule has 1 atom stereocenters. The van der Waals surface area contributed by atoms with E-state index in [0.29, 0.717) is 0 Å². The second-order valence-corrected chi connectivity index (χ2v) is 7.24. The maximum Gasteiger partial charge on any atom is 0.435 e. The highest BCUT2D eigenvalue weighted by molar-refractivity contribution is 7.11. The highest BCUT2D eigenvalue weighted by Crippen LogP contribution is 2.30. The third-order valence-corrected chi connectivity index (χ3v) is 5.18. The molecule has 126 valence electrons. The van der Waals surface area contributed by atoms with Crippen LogP contribution in [0.5, 0.6) is 0 Å². The summed E-state index contributed by atoms with van der Waals surface area (Å²) in [5.74, 6) is 0. The summed E-state index contributed by atoms with van der Waals surface area (Å²) in [6.45, 7) is 6.48. The summed E-state index contributed by atoms with van der Waals surface area (Å²) >= 11 is 1.69. The zero-order valence-electron chi connectivity index (χ0n) is 13.1. The third kappa shape index (κ3) is 3.74. The Morgan fingerprint density at radius 1 is 1.35 bits per heavy atom. The predicted molar refractivity (Wildman–Crippen MR) is 82.4 cm³/mol. The lowest BCUT2D eigenvalue weighted by molar-refractivity contribution is -0.141. The van der Waals surface area contributed by atoms with Crippen LogP contribution in [-0.2, 0) is 12.7 Å². The van der Waals surface area contributed by atoms with E-state index in [9.17, 15) is 13.2 Å². The summed E-state index contributed by atoms with van der Waals surface area (Å²) in [5.41, 5.74) is 0.233. The monoisotopic (exact) mass is 344 g/mol. The molecule has 4 nitrogen and oxygen atoms in total. The Labute approximate surface area is 136 Å². The lowest BCUT2D eigenvalue weighted by Crippen LogP contribution is -2.36. The quantitative estimate of drug-likeness (QED) is 0.849. The van der Waals surface area contributed by atoms with Crippen LogP contribution in [-0.4, -0.2) is 32.8 Å². The van der Waals surface area contributed by atoms with E-state index in [1.165, 1.54) is 15.8 Å². The molecule has 1 saturated heterocycles. The fraction of sp³-hybridized carbons (Fsp3) is 0.600. The molecule has 1 aliphatic rings. The van der Waals surface area contributed by atoms with Crippen molar-refractivity contribution in [1.29, 1.82) is 0 Å². The Kier molecular flexibility index (Phi) is 4.46. The number of likely N-dealkylation sites (tertiary alicyclic amines) is 1. The van der Waals surface area contributed by atoms with Gasteiger partial charge in [0.05, 0.1) is 16.7 Å². The van der Waals surface area contributed by atoms with Crippen molar-refractivity contribution in [3.05, 3.63) is 33.5 Å². The minimum absolute atomic E-state index is 0.00539. The molecule has 2 aromatic rings. The zero-order valence-corrected chi connectivity index (χ0v) is 13.9. The van der Waals surface area contributed by atoms with Gasteiger partial charge in [0.15, 0.2) is 5.69 Å². The molecule has 3 rings (SSSR count). The van der Waals surface area contributed by atoms with E-state index in [0.717, 1.165) is 49.2 Å². The number of rotatable bonds is 3. The van der Waals surface area contributed by atoms with Crippen molar-refractivity contribution in [1.82, 2.24) is 19.7 Å². The van der Waals surface area contributed by atoms with Crippen molar-refractivity contribution in [2.45, 2.75) is 45.5 Å². The molecule has 8 heteroatoms. The van der Waals surface area contributed by atoms with Crippen molar-refractivity contribution in [2.75, 3.05) is 13.1 Å². The maximum atomic E-state index is 12.7. The van der Waals surface area contributed by atoms with Crippen LogP contribution in [0.4, 0.5) is 13.2 Å². The summed E-state index contributed by atoms with van der Waals surface area (Å²) < 4.78 is 39.5. The zero-order chi connectivity index (χ0) is 16.6. The average molecular weight is 344 g/mol. The third-order valence-electron chi connectivity index (χ3n) is 4.12. The fourth-order valence-electron chi connectivity index (χ4n) is 3.01. The van der Waals surface area contributed by atoms with E-state index >= 15 is 0 Å². The van der Waals surface area contributed by atoms with Gasteiger partial charge in [-0.25, -0.2) is 4.98 Å². The molecule has 1 aliphatic heterocycles. The molecule has 0 aliphatic carbocycles. The number of piperidine rings is 1. The molecule has 1 fully saturated rings. The average Bonchev–Trinajstić information content (AvgIpc) is 3.06. The molecule has 0 bridgehead atoms. The van der Waals surface area contributed by atoms with Crippen molar-refractivity contribution < 1.29 is 13.2 Å². The Morgan fingerprint density at radius 2 is 2.13 bits per heavy atom. The highest BCUT2D eigenvalue weighted by Gasteiger charge is 2.34. The van der Waals surface area contributed by atoms with Gasteiger partial charge in [-0.2, -0.15) is 18.3 Å². The molecule has 2 aromatic heterocycles. The van der Waals surface area contributed by atoms with E-state index in [-0.39, 0.29) is 6.04 Å². The molecule has 0 aromatic carbocycles. The molecule has 0 amide bonds. The lowest BCUT2D eigenvalue weighted by atomic mass is 10.1. The van der Waals surface area contributed by atoms with Crippen LogP contribution in [0, 0.1) is 13.8 Å². The Bertz CT molecular complexity index is 677. The van der Waals surface area contributed by atoms with Gasteiger partial charge >= 0.3 is 6.18 Å². The standard InChI is InChI=1S/C15H19F3N4S/c1-10-13(23-11(2)19-10)9-21-6-3-4-12(8-21)22-7-5-14(20-22)15(16,17)18/h5,7,12H,3-4,6,8-9H2,1-2H3/t12-/m1/s1. The fourth-order valence-corrected chi connectivity index (χ4v) is 3.99. The number of halogens is 3. The number of hydrogen-bond acceptors (Lipinski definition) is 4. The Balaban J connectivity index is 1.68. The molecule has 0 radical (unpaired) electrons. The van der Waals surface area contributed by atoms with E-state index < -0.39 is 11.9 Å². The molecule has 0 N–H and O–H groups in total. The van der Waals surface area contributed by atoms with Crippen LogP contribution in [0.2, 0.25) is 0 Å². The van der Waals surface area contributed by atoms with Gasteiger partial charge in [-0.1, -0.05) is 0 Å². The first kappa shape index (κ1) is 16.4. The van der Waals surface area contributed by atoms with Gasteiger partial charge in [-0.3, -0.25) is 9.58 Å². The van der Waals surface area contributed by atoms with Crippen molar-refractivity contribution in [3.63, 3.8) is 0 Å². The van der Waals surface area contributed by atoms with E-state index in [1.54, 1.807) is 11.3 Å². The first-order chi connectivity index (χ1) is 10.8. The maximum absolute atomic E-state index is 12.7. The van der Waals surface area contributed by atoms with Crippen LogP contribution >= 0.6 is 11.3 Å². The van der Waals surface area contributed by atoms with Crippen LogP contribution in [0.1, 0.15) is 40.2 Å². The topological polar surface area (TPSA) is 34.0 Å². The van der Waals surface area contributed by atoms with E-state index in [1.807, 2.05) is 13.8 Å². The lowest BCUT2D eigenvalue weighted by Gasteiger charge is -2.32. The van der Waals surface area contributed by atoms with Crippen LogP contribution < -0.4 is 0 Å². The van der Waals surface area contributed by atoms with Crippen LogP contribution in [0.25, 0.3) is 0 Å². The molecule has 0 saturated carbocycles. The minimum atomic E-state index is -4.38. The summed E-state index contributed by atoms with van der Waals surface area (Å²) in [7, 11) is 0. The molecular weight excluding hydrogens is 325 g/mol. The summed E-state index contributed by atoms with van der Waals surface area (Å²) in [6, 6.07) is 1.05. The molecule has 0 spiro atoms. The van der Waals surface area contributed by atoms with Gasteiger partial charge in [-0.15, -0.1) is 11.3 Å². The van der Waals surface area contributed by atoms with E-state index in [2.05, 4.69) is 15.0 Å². The van der Waals surface area contributed by atoms with Crippen molar-refractivity contribution in [3.8, 4) is 0 Å². The number of nitrogens with zero attached hydrogens (tertiary/aromatic N) is 4. The number of hydrogen-bond donors (Lipinski definition) is 0. The molecule has 0 unspecified atom stereocenters. The second-order valence-electron chi connectivity index (χ2n) is 5.95. The summed E-state index contributed by atoms with van der Waals surface area (Å²) in [5, 5.41) is 4.77. The van der Waals surface area contributed by atoms with Gasteiger partial charge in [0.25, 0.3) is 0 Å². The van der Waals surface area contributed by atoms with E-state index in [4.69, 9.17) is 0 Å². The number of thiazole rings is 1. The SMILES string of the molecule is Cc1nc(C)c(CN2CCC[C@@H](n3ccc(C(F)(F)F)n3)C2)s1. The van der Waals surface area contributed by atoms with Crippen LogP contribution in [0.15, 0.2) is 12.3 Å². The van der Waals surface area contributed by atoms with Gasteiger partial charge in [0.2, 0.25) is 0 Å². The first-order valence-corrected chi connectivity index (χ1v) is 8.42. The van der Waals surface area contributed by atoms with Crippen molar-refractivity contribution in [2.24, 2.45) is 0 Å². The molecule has 3 heterocycles. The van der Waals surface area contributed by atoms with Gasteiger partial charge < -0.3 is 0 Å². The van der Waals surface area contributed by atoms with Gasteiger partial charge in [0.1, 0.15) is 0 Å². The second kappa shape index (κ2) is 6.24. The minimum Gasteiger partial charge on any atom is -0.296 e. The number of alkyl halides is 3. The van der Waals surface area contributed by atoms with Crippen LogP contribution in [0.3, 0.4) is 0 Å². The number of aromatic nitrogens is 3.